The van der Waals surface area contributed by atoms with Gasteiger partial charge >= 0.3 is 6.36 Å². The summed E-state index contributed by atoms with van der Waals surface area (Å²) in [6, 6.07) is 9.13. The number of nitrogens with one attached hydrogen (secondary N) is 3. The van der Waals surface area contributed by atoms with Gasteiger partial charge in [-0.15, -0.1) is 13.2 Å². The van der Waals surface area contributed by atoms with E-state index in [9.17, 15) is 13.2 Å². The van der Waals surface area contributed by atoms with Crippen LogP contribution in [-0.4, -0.2) is 32.1 Å². The Kier molecular flexibility index (Phi) is 6.27. The maximum Gasteiger partial charge on any atom is 0.573 e. The van der Waals surface area contributed by atoms with Gasteiger partial charge in [0.1, 0.15) is 5.75 Å². The van der Waals surface area contributed by atoms with Crippen molar-refractivity contribution < 1.29 is 27.2 Å². The van der Waals surface area contributed by atoms with Crippen LogP contribution in [0.25, 0.3) is 0 Å². The van der Waals surface area contributed by atoms with Crippen LogP contribution in [0, 0.1) is 0 Å². The van der Waals surface area contributed by atoms with Crippen LogP contribution < -0.4 is 20.3 Å². The van der Waals surface area contributed by atoms with Crippen molar-refractivity contribution in [1.29, 1.82) is 0 Å². The summed E-state index contributed by atoms with van der Waals surface area (Å²) in [6.45, 7) is 0.539. The SMILES string of the molecule is C[NH+](C)[C@@H](CNC(=S)Nc1ccc(OC(F)(F)F)cc1)c1ccco1. The van der Waals surface area contributed by atoms with E-state index in [2.05, 4.69) is 15.4 Å². The highest BCUT2D eigenvalue weighted by Crippen LogP contribution is 2.23. The molecular weight excluding hydrogens is 355 g/mol. The van der Waals surface area contributed by atoms with Crippen LogP contribution in [0.4, 0.5) is 18.9 Å². The number of quaternary nitrogens is 1. The fraction of sp³-hybridized carbons (Fsp3) is 0.312. The predicted molar refractivity (Wildman–Crippen MR) is 91.6 cm³/mol. The lowest BCUT2D eigenvalue weighted by Crippen LogP contribution is -3.07. The molecule has 2 rings (SSSR count). The predicted octanol–water partition coefficient (Wildman–Crippen LogP) is 2.35. The van der Waals surface area contributed by atoms with Crippen molar-refractivity contribution in [2.24, 2.45) is 0 Å². The molecule has 0 aliphatic carbocycles. The summed E-state index contributed by atoms with van der Waals surface area (Å²) in [5.74, 6) is 0.551. The van der Waals surface area contributed by atoms with Crippen molar-refractivity contribution >= 4 is 23.0 Å². The summed E-state index contributed by atoms with van der Waals surface area (Å²) in [4.78, 5) is 1.17. The zero-order chi connectivity index (χ0) is 18.4. The van der Waals surface area contributed by atoms with Gasteiger partial charge in [-0.3, -0.25) is 0 Å². The Balaban J connectivity index is 1.87. The summed E-state index contributed by atoms with van der Waals surface area (Å²) < 4.78 is 45.6. The summed E-state index contributed by atoms with van der Waals surface area (Å²) in [6.07, 6.45) is -3.09. The van der Waals surface area contributed by atoms with Gasteiger partial charge in [0.2, 0.25) is 0 Å². The third-order valence-corrected chi connectivity index (χ3v) is 3.64. The quantitative estimate of drug-likeness (QED) is 0.678. The fourth-order valence-electron chi connectivity index (χ4n) is 2.19. The minimum absolute atomic E-state index is 0.0670. The maximum atomic E-state index is 12.1. The van der Waals surface area contributed by atoms with E-state index in [0.717, 1.165) is 5.76 Å². The summed E-state index contributed by atoms with van der Waals surface area (Å²) in [7, 11) is 4.01. The Labute approximate surface area is 148 Å². The van der Waals surface area contributed by atoms with Crippen LogP contribution in [0.5, 0.6) is 5.75 Å². The van der Waals surface area contributed by atoms with E-state index in [1.807, 2.05) is 26.2 Å². The molecular formula is C16H19F3N3O2S+. The number of anilines is 1. The van der Waals surface area contributed by atoms with Gasteiger partial charge in [-0.2, -0.15) is 0 Å². The van der Waals surface area contributed by atoms with E-state index in [1.54, 1.807) is 6.26 Å². The largest absolute Gasteiger partial charge is 0.573 e. The molecule has 1 atom stereocenters. The molecule has 136 valence electrons. The molecule has 25 heavy (non-hydrogen) atoms. The van der Waals surface area contributed by atoms with Crippen molar-refractivity contribution in [1.82, 2.24) is 5.32 Å². The summed E-state index contributed by atoms with van der Waals surface area (Å²) in [5.41, 5.74) is 0.554. The number of halogens is 3. The number of hydrogen-bond acceptors (Lipinski definition) is 3. The average Bonchev–Trinajstić information content (AvgIpc) is 3.02. The molecule has 5 nitrogen and oxygen atoms in total. The molecule has 0 amide bonds. The lowest BCUT2D eigenvalue weighted by Gasteiger charge is -2.21. The number of likely N-dealkylation sites (N-methyl/N-ethyl adjacent to an activating group) is 1. The van der Waals surface area contributed by atoms with E-state index in [4.69, 9.17) is 16.6 Å². The number of thiocarbonyl (C=S) groups is 1. The Hall–Kier alpha value is -2.26. The highest BCUT2D eigenvalue weighted by Gasteiger charge is 2.31. The normalized spacial score (nSPS) is 12.7. The molecule has 1 heterocycles. The summed E-state index contributed by atoms with van der Waals surface area (Å²) in [5, 5.41) is 6.36. The number of benzene rings is 1. The lowest BCUT2D eigenvalue weighted by molar-refractivity contribution is -0.891. The molecule has 1 aromatic heterocycles. The van der Waals surface area contributed by atoms with Crippen molar-refractivity contribution in [2.45, 2.75) is 12.4 Å². The highest BCUT2D eigenvalue weighted by atomic mass is 32.1. The Morgan fingerprint density at radius 1 is 1.24 bits per heavy atom. The Bertz CT molecular complexity index is 673. The van der Waals surface area contributed by atoms with Gasteiger partial charge in [-0.1, -0.05) is 0 Å². The van der Waals surface area contributed by atoms with Crippen LogP contribution in [-0.2, 0) is 0 Å². The van der Waals surface area contributed by atoms with Crippen LogP contribution in [0.3, 0.4) is 0 Å². The van der Waals surface area contributed by atoms with Crippen LogP contribution in [0.15, 0.2) is 47.1 Å². The van der Waals surface area contributed by atoms with E-state index in [0.29, 0.717) is 17.3 Å². The standard InChI is InChI=1S/C16H18F3N3O2S/c1-22(2)13(14-4-3-9-23-14)10-20-15(25)21-11-5-7-12(8-6-11)24-16(17,18)19/h3-9,13H,10H2,1-2H3,(H2,20,21,25)/p+1/t13-/m0/s1. The average molecular weight is 374 g/mol. The lowest BCUT2D eigenvalue weighted by atomic mass is 10.2. The number of rotatable bonds is 6. The van der Waals surface area contributed by atoms with Crippen LogP contribution >= 0.6 is 12.2 Å². The zero-order valence-corrected chi connectivity index (χ0v) is 14.5. The van der Waals surface area contributed by atoms with Crippen molar-refractivity contribution in [3.63, 3.8) is 0 Å². The minimum atomic E-state index is -4.71. The molecule has 0 spiro atoms. The van der Waals surface area contributed by atoms with Crippen LogP contribution in [0.1, 0.15) is 11.8 Å². The molecule has 9 heteroatoms. The van der Waals surface area contributed by atoms with Crippen molar-refractivity contribution in [3.05, 3.63) is 48.4 Å². The van der Waals surface area contributed by atoms with Gasteiger partial charge in [0.05, 0.1) is 26.9 Å². The third-order valence-electron chi connectivity index (χ3n) is 3.40. The highest BCUT2D eigenvalue weighted by molar-refractivity contribution is 7.80. The molecule has 0 unspecified atom stereocenters. The topological polar surface area (TPSA) is 50.9 Å². The van der Waals surface area contributed by atoms with Gasteiger partial charge in [-0.25, -0.2) is 0 Å². The monoisotopic (exact) mass is 374 g/mol. The van der Waals surface area contributed by atoms with Crippen molar-refractivity contribution in [2.75, 3.05) is 26.0 Å². The molecule has 1 aromatic carbocycles. The molecule has 0 bridgehead atoms. The molecule has 0 aliphatic rings. The first-order valence-corrected chi connectivity index (χ1v) is 7.89. The molecule has 0 radical (unpaired) electrons. The second-order valence-corrected chi connectivity index (χ2v) is 5.96. The molecule has 0 saturated heterocycles. The first-order valence-electron chi connectivity index (χ1n) is 7.49. The Morgan fingerprint density at radius 3 is 2.44 bits per heavy atom. The Morgan fingerprint density at radius 2 is 1.92 bits per heavy atom. The van der Waals surface area contributed by atoms with E-state index >= 15 is 0 Å². The maximum absolute atomic E-state index is 12.1. The molecule has 2 aromatic rings. The zero-order valence-electron chi connectivity index (χ0n) is 13.7. The fourth-order valence-corrected chi connectivity index (χ4v) is 2.39. The van der Waals surface area contributed by atoms with Crippen LogP contribution in [0.2, 0.25) is 0 Å². The van der Waals surface area contributed by atoms with Gasteiger partial charge in [0.15, 0.2) is 16.9 Å². The number of alkyl halides is 3. The molecule has 0 fully saturated rings. The first-order chi connectivity index (χ1) is 11.7. The third kappa shape index (κ3) is 6.28. The first kappa shape index (κ1) is 19.1. The van der Waals surface area contributed by atoms with E-state index in [1.165, 1.54) is 29.2 Å². The minimum Gasteiger partial charge on any atom is -0.463 e. The number of ether oxygens (including phenoxy) is 1. The number of hydrogen-bond donors (Lipinski definition) is 3. The molecule has 3 N–H and O–H groups in total. The van der Waals surface area contributed by atoms with E-state index in [-0.39, 0.29) is 11.8 Å². The van der Waals surface area contributed by atoms with Gasteiger partial charge in [0.25, 0.3) is 0 Å². The smallest absolute Gasteiger partial charge is 0.463 e. The van der Waals surface area contributed by atoms with Gasteiger partial charge in [-0.05, 0) is 48.6 Å². The molecule has 0 aliphatic heterocycles. The van der Waals surface area contributed by atoms with Gasteiger partial charge < -0.3 is 24.7 Å². The van der Waals surface area contributed by atoms with Gasteiger partial charge in [0, 0.05) is 5.69 Å². The number of furan rings is 1. The second kappa shape index (κ2) is 8.21. The van der Waals surface area contributed by atoms with E-state index < -0.39 is 6.36 Å². The molecule has 0 saturated carbocycles. The van der Waals surface area contributed by atoms with Crippen molar-refractivity contribution in [3.8, 4) is 5.75 Å². The summed E-state index contributed by atoms with van der Waals surface area (Å²) >= 11 is 5.22. The second-order valence-electron chi connectivity index (χ2n) is 5.55.